The molecule has 6 heteroatoms. The number of ether oxygens (including phenoxy) is 2. The summed E-state index contributed by atoms with van der Waals surface area (Å²) in [5, 5.41) is 4.43. The van der Waals surface area contributed by atoms with Crippen LogP contribution in [0.15, 0.2) is 18.6 Å². The van der Waals surface area contributed by atoms with Crippen LogP contribution in [0.3, 0.4) is 0 Å². The van der Waals surface area contributed by atoms with Crippen molar-refractivity contribution in [1.29, 1.82) is 0 Å². The Bertz CT molecular complexity index is 528. The molecule has 2 aromatic heterocycles. The molecule has 2 atom stereocenters. The van der Waals surface area contributed by atoms with Gasteiger partial charge in [-0.1, -0.05) is 0 Å². The van der Waals surface area contributed by atoms with E-state index in [-0.39, 0.29) is 12.1 Å². The summed E-state index contributed by atoms with van der Waals surface area (Å²) in [4.78, 5) is 11.6. The van der Waals surface area contributed by atoms with Gasteiger partial charge in [-0.15, -0.1) is 0 Å². The average Bonchev–Trinajstić information content (AvgIpc) is 2.89. The van der Waals surface area contributed by atoms with Gasteiger partial charge in [0, 0.05) is 19.9 Å². The van der Waals surface area contributed by atoms with Gasteiger partial charge >= 0.3 is 0 Å². The fraction of sp³-hybridized carbons (Fsp3) is 0.500. The predicted octanol–water partition coefficient (Wildman–Crippen LogP) is 1.17. The van der Waals surface area contributed by atoms with Crippen LogP contribution >= 0.6 is 0 Å². The molecule has 0 amide bonds. The molecule has 1 fully saturated rings. The third kappa shape index (κ3) is 2.04. The fourth-order valence-electron chi connectivity index (χ4n) is 2.27. The van der Waals surface area contributed by atoms with E-state index in [2.05, 4.69) is 20.3 Å². The molecule has 0 aromatic carbocycles. The Morgan fingerprint density at radius 2 is 2.44 bits per heavy atom. The standard InChI is InChI=1S/C12H16N4O2/c1-17-10-6-18-5-3-9(10)16-12-8-2-4-13-11(8)14-7-15-12/h2,4,7,9-10H,3,5-6H2,1H3,(H2,13,14,15,16)/t9-,10-/m0/s1. The predicted molar refractivity (Wildman–Crippen MR) is 67.5 cm³/mol. The van der Waals surface area contributed by atoms with Crippen molar-refractivity contribution < 1.29 is 9.47 Å². The summed E-state index contributed by atoms with van der Waals surface area (Å²) in [6.45, 7) is 1.37. The first kappa shape index (κ1) is 11.4. The van der Waals surface area contributed by atoms with E-state index in [0.717, 1.165) is 29.9 Å². The third-order valence-electron chi connectivity index (χ3n) is 3.28. The molecular weight excluding hydrogens is 232 g/mol. The summed E-state index contributed by atoms with van der Waals surface area (Å²) >= 11 is 0. The molecule has 96 valence electrons. The minimum atomic E-state index is 0.0581. The molecule has 0 saturated carbocycles. The smallest absolute Gasteiger partial charge is 0.142 e. The van der Waals surface area contributed by atoms with Crippen molar-refractivity contribution in [3.05, 3.63) is 18.6 Å². The Labute approximate surface area is 105 Å². The highest BCUT2D eigenvalue weighted by atomic mass is 16.5. The lowest BCUT2D eigenvalue weighted by Crippen LogP contribution is -2.43. The first-order chi connectivity index (χ1) is 8.88. The highest BCUT2D eigenvalue weighted by Crippen LogP contribution is 2.21. The molecule has 0 unspecified atom stereocenters. The van der Waals surface area contributed by atoms with E-state index < -0.39 is 0 Å². The van der Waals surface area contributed by atoms with Gasteiger partial charge in [0.1, 0.15) is 23.9 Å². The molecule has 2 aromatic rings. The number of hydrogen-bond donors (Lipinski definition) is 2. The number of aromatic amines is 1. The maximum absolute atomic E-state index is 5.43. The number of H-pyrrole nitrogens is 1. The number of hydrogen-bond acceptors (Lipinski definition) is 5. The van der Waals surface area contributed by atoms with Crippen molar-refractivity contribution in [3.63, 3.8) is 0 Å². The molecule has 2 N–H and O–H groups in total. The first-order valence-electron chi connectivity index (χ1n) is 6.03. The van der Waals surface area contributed by atoms with Crippen LogP contribution in [0.5, 0.6) is 0 Å². The Kier molecular flexibility index (Phi) is 3.12. The van der Waals surface area contributed by atoms with E-state index in [1.807, 2.05) is 12.3 Å². The summed E-state index contributed by atoms with van der Waals surface area (Å²) in [5.74, 6) is 0.843. The van der Waals surface area contributed by atoms with Gasteiger partial charge in [-0.3, -0.25) is 0 Å². The van der Waals surface area contributed by atoms with Crippen LogP contribution < -0.4 is 5.32 Å². The lowest BCUT2D eigenvalue weighted by molar-refractivity contribution is -0.0366. The second-order valence-corrected chi connectivity index (χ2v) is 4.35. The first-order valence-corrected chi connectivity index (χ1v) is 6.03. The monoisotopic (exact) mass is 248 g/mol. The Morgan fingerprint density at radius 3 is 3.33 bits per heavy atom. The van der Waals surface area contributed by atoms with E-state index in [1.54, 1.807) is 13.4 Å². The van der Waals surface area contributed by atoms with E-state index in [1.165, 1.54) is 0 Å². The van der Waals surface area contributed by atoms with Crippen LogP contribution in [0.2, 0.25) is 0 Å². The maximum atomic E-state index is 5.43. The molecule has 0 aliphatic carbocycles. The van der Waals surface area contributed by atoms with E-state index in [4.69, 9.17) is 9.47 Å². The van der Waals surface area contributed by atoms with Crippen LogP contribution in [-0.4, -0.2) is 47.4 Å². The van der Waals surface area contributed by atoms with Crippen LogP contribution in [-0.2, 0) is 9.47 Å². The van der Waals surface area contributed by atoms with Crippen LogP contribution in [0.1, 0.15) is 6.42 Å². The Hall–Kier alpha value is -1.66. The molecule has 1 aliphatic rings. The highest BCUT2D eigenvalue weighted by Gasteiger charge is 2.26. The molecule has 3 rings (SSSR count). The number of methoxy groups -OCH3 is 1. The zero-order valence-corrected chi connectivity index (χ0v) is 10.2. The lowest BCUT2D eigenvalue weighted by atomic mass is 10.1. The molecule has 1 aliphatic heterocycles. The number of fused-ring (bicyclic) bond motifs is 1. The van der Waals surface area contributed by atoms with Gasteiger partial charge in [0.05, 0.1) is 18.0 Å². The minimum Gasteiger partial charge on any atom is -0.379 e. The second-order valence-electron chi connectivity index (χ2n) is 4.35. The van der Waals surface area contributed by atoms with Crippen molar-refractivity contribution in [3.8, 4) is 0 Å². The number of aromatic nitrogens is 3. The SMILES string of the molecule is CO[C@H]1COCC[C@@H]1Nc1ncnc2[nH]ccc12. The molecule has 6 nitrogen and oxygen atoms in total. The van der Waals surface area contributed by atoms with E-state index in [9.17, 15) is 0 Å². The quantitative estimate of drug-likeness (QED) is 0.853. The topological polar surface area (TPSA) is 72.1 Å². The zero-order chi connectivity index (χ0) is 12.4. The summed E-state index contributed by atoms with van der Waals surface area (Å²) in [7, 11) is 1.71. The van der Waals surface area contributed by atoms with Crippen LogP contribution in [0, 0.1) is 0 Å². The van der Waals surface area contributed by atoms with E-state index >= 15 is 0 Å². The number of nitrogens with zero attached hydrogens (tertiary/aromatic N) is 2. The minimum absolute atomic E-state index is 0.0581. The normalized spacial score (nSPS) is 24.3. The van der Waals surface area contributed by atoms with Gasteiger partial charge in [0.25, 0.3) is 0 Å². The van der Waals surface area contributed by atoms with Crippen molar-refractivity contribution in [2.75, 3.05) is 25.6 Å². The van der Waals surface area contributed by atoms with Gasteiger partial charge in [0.15, 0.2) is 0 Å². The van der Waals surface area contributed by atoms with Gasteiger partial charge in [-0.25, -0.2) is 9.97 Å². The summed E-state index contributed by atoms with van der Waals surface area (Å²) < 4.78 is 10.8. The summed E-state index contributed by atoms with van der Waals surface area (Å²) in [6.07, 6.45) is 4.39. The van der Waals surface area contributed by atoms with Crippen LogP contribution in [0.25, 0.3) is 11.0 Å². The highest BCUT2D eigenvalue weighted by molar-refractivity contribution is 5.86. The van der Waals surface area contributed by atoms with Crippen molar-refractivity contribution in [2.45, 2.75) is 18.6 Å². The molecule has 0 spiro atoms. The second kappa shape index (κ2) is 4.91. The molecule has 0 radical (unpaired) electrons. The Balaban J connectivity index is 1.84. The van der Waals surface area contributed by atoms with E-state index in [0.29, 0.717) is 6.61 Å². The van der Waals surface area contributed by atoms with Gasteiger partial charge in [0.2, 0.25) is 0 Å². The maximum Gasteiger partial charge on any atom is 0.142 e. The van der Waals surface area contributed by atoms with Crippen LogP contribution in [0.4, 0.5) is 5.82 Å². The molecule has 1 saturated heterocycles. The number of rotatable bonds is 3. The molecular formula is C12H16N4O2. The third-order valence-corrected chi connectivity index (χ3v) is 3.28. The fourth-order valence-corrected chi connectivity index (χ4v) is 2.27. The van der Waals surface area contributed by atoms with Crippen molar-refractivity contribution >= 4 is 16.9 Å². The van der Waals surface area contributed by atoms with Crippen molar-refractivity contribution in [1.82, 2.24) is 15.0 Å². The average molecular weight is 248 g/mol. The molecule has 3 heterocycles. The molecule has 18 heavy (non-hydrogen) atoms. The molecule has 0 bridgehead atoms. The number of nitrogens with one attached hydrogen (secondary N) is 2. The summed E-state index contributed by atoms with van der Waals surface area (Å²) in [6, 6.07) is 2.19. The van der Waals surface area contributed by atoms with Gasteiger partial charge in [-0.05, 0) is 12.5 Å². The summed E-state index contributed by atoms with van der Waals surface area (Å²) in [5.41, 5.74) is 0.841. The number of anilines is 1. The van der Waals surface area contributed by atoms with Gasteiger partial charge < -0.3 is 19.8 Å². The van der Waals surface area contributed by atoms with Crippen molar-refractivity contribution in [2.24, 2.45) is 0 Å². The lowest BCUT2D eigenvalue weighted by Gasteiger charge is -2.31. The Morgan fingerprint density at radius 1 is 1.50 bits per heavy atom. The van der Waals surface area contributed by atoms with Gasteiger partial charge in [-0.2, -0.15) is 0 Å². The zero-order valence-electron chi connectivity index (χ0n) is 10.2. The largest absolute Gasteiger partial charge is 0.379 e.